The van der Waals surface area contributed by atoms with Gasteiger partial charge in [0, 0.05) is 13.1 Å². The first-order valence-corrected chi connectivity index (χ1v) is 11.3. The molecule has 3 amide bonds. The summed E-state index contributed by atoms with van der Waals surface area (Å²) in [6.45, 7) is 10.9. The summed E-state index contributed by atoms with van der Waals surface area (Å²) in [6, 6.07) is 5.62. The molecule has 0 bridgehead atoms. The van der Waals surface area contributed by atoms with Crippen LogP contribution < -0.4 is 10.6 Å². The number of nitrogens with zero attached hydrogens (tertiary/aromatic N) is 1. The number of benzene rings is 1. The zero-order valence-electron chi connectivity index (χ0n) is 20.2. The van der Waals surface area contributed by atoms with E-state index in [1.807, 2.05) is 38.1 Å². The highest BCUT2D eigenvalue weighted by molar-refractivity contribution is 5.92. The topological polar surface area (TPSA) is 108 Å². The Morgan fingerprint density at radius 2 is 1.75 bits per heavy atom. The van der Waals surface area contributed by atoms with Crippen LogP contribution in [0.25, 0.3) is 0 Å². The van der Waals surface area contributed by atoms with Gasteiger partial charge in [0.15, 0.2) is 0 Å². The minimum Gasteiger partial charge on any atom is -0.444 e. The molecule has 0 fully saturated rings. The highest BCUT2D eigenvalue weighted by atomic mass is 16.6. The van der Waals surface area contributed by atoms with Crippen molar-refractivity contribution in [1.82, 2.24) is 15.5 Å². The molecule has 2 atom stereocenters. The van der Waals surface area contributed by atoms with Gasteiger partial charge in [-0.25, -0.2) is 4.79 Å². The molecule has 8 nitrogen and oxygen atoms in total. The highest BCUT2D eigenvalue weighted by Gasteiger charge is 2.34. The van der Waals surface area contributed by atoms with Crippen LogP contribution >= 0.6 is 0 Å². The van der Waals surface area contributed by atoms with Crippen LogP contribution in [-0.4, -0.2) is 59.3 Å². The lowest BCUT2D eigenvalue weighted by atomic mass is 10.0. The number of alkyl carbamates (subject to hydrolysis) is 1. The fraction of sp³-hybridized carbons (Fsp3) is 0.625. The van der Waals surface area contributed by atoms with E-state index in [0.29, 0.717) is 12.1 Å². The third-order valence-electron chi connectivity index (χ3n) is 4.82. The SMILES string of the molecule is CCCCNC(=O)C(c1ccc(CC)cc1)N(CCO)C(=O)C(C)NC(=O)OC(C)(C)C. The van der Waals surface area contributed by atoms with E-state index in [1.165, 1.54) is 11.8 Å². The van der Waals surface area contributed by atoms with Crippen LogP contribution in [0.4, 0.5) is 4.79 Å². The van der Waals surface area contributed by atoms with E-state index < -0.39 is 29.7 Å². The predicted octanol–water partition coefficient (Wildman–Crippen LogP) is 2.94. The molecular weight excluding hydrogens is 410 g/mol. The lowest BCUT2D eigenvalue weighted by Crippen LogP contribution is -2.52. The van der Waals surface area contributed by atoms with Crippen LogP contribution in [0.2, 0.25) is 0 Å². The molecule has 0 heterocycles. The van der Waals surface area contributed by atoms with Crippen LogP contribution in [0.3, 0.4) is 0 Å². The smallest absolute Gasteiger partial charge is 0.408 e. The van der Waals surface area contributed by atoms with Gasteiger partial charge in [0.05, 0.1) is 6.61 Å². The third-order valence-corrected chi connectivity index (χ3v) is 4.82. The first kappa shape index (κ1) is 27.4. The second-order valence-corrected chi connectivity index (χ2v) is 8.77. The summed E-state index contributed by atoms with van der Waals surface area (Å²) in [5.74, 6) is -0.811. The minimum atomic E-state index is -0.947. The van der Waals surface area contributed by atoms with E-state index in [-0.39, 0.29) is 19.1 Å². The summed E-state index contributed by atoms with van der Waals surface area (Å²) in [7, 11) is 0. The summed E-state index contributed by atoms with van der Waals surface area (Å²) < 4.78 is 5.23. The first-order valence-electron chi connectivity index (χ1n) is 11.3. The van der Waals surface area contributed by atoms with E-state index in [1.54, 1.807) is 20.8 Å². The van der Waals surface area contributed by atoms with Crippen LogP contribution in [0.5, 0.6) is 0 Å². The van der Waals surface area contributed by atoms with Gasteiger partial charge in [0.25, 0.3) is 0 Å². The molecule has 0 saturated carbocycles. The average Bonchev–Trinajstić information content (AvgIpc) is 2.72. The number of amides is 3. The predicted molar refractivity (Wildman–Crippen MR) is 124 cm³/mol. The Kier molecular flexibility index (Phi) is 11.2. The lowest BCUT2D eigenvalue weighted by molar-refractivity contribution is -0.142. The van der Waals surface area contributed by atoms with Crippen molar-refractivity contribution in [1.29, 1.82) is 0 Å². The van der Waals surface area contributed by atoms with E-state index in [0.717, 1.165) is 24.8 Å². The monoisotopic (exact) mass is 449 g/mol. The van der Waals surface area contributed by atoms with Gasteiger partial charge in [-0.3, -0.25) is 9.59 Å². The molecule has 180 valence electrons. The van der Waals surface area contributed by atoms with Crippen LogP contribution in [0.1, 0.15) is 71.6 Å². The van der Waals surface area contributed by atoms with Crippen molar-refractivity contribution in [2.75, 3.05) is 19.7 Å². The van der Waals surface area contributed by atoms with Crippen molar-refractivity contribution in [3.05, 3.63) is 35.4 Å². The number of nitrogens with one attached hydrogen (secondary N) is 2. The Balaban J connectivity index is 3.19. The number of rotatable bonds is 11. The summed E-state index contributed by atoms with van der Waals surface area (Å²) in [5, 5.41) is 15.1. The molecule has 0 aliphatic heterocycles. The fourth-order valence-corrected chi connectivity index (χ4v) is 3.16. The molecule has 0 radical (unpaired) electrons. The number of hydrogen-bond donors (Lipinski definition) is 3. The number of ether oxygens (including phenoxy) is 1. The molecule has 0 saturated heterocycles. The van der Waals surface area contributed by atoms with Gasteiger partial charge in [-0.1, -0.05) is 44.5 Å². The van der Waals surface area contributed by atoms with Crippen molar-refractivity contribution >= 4 is 17.9 Å². The maximum absolute atomic E-state index is 13.3. The molecule has 1 aromatic carbocycles. The molecule has 32 heavy (non-hydrogen) atoms. The Labute approximate surface area is 191 Å². The second-order valence-electron chi connectivity index (χ2n) is 8.77. The molecule has 1 rings (SSSR count). The van der Waals surface area contributed by atoms with Gasteiger partial charge in [-0.15, -0.1) is 0 Å². The Bertz CT molecular complexity index is 743. The van der Waals surface area contributed by atoms with Gasteiger partial charge in [0.2, 0.25) is 11.8 Å². The van der Waals surface area contributed by atoms with Crippen molar-refractivity contribution in [2.24, 2.45) is 0 Å². The van der Waals surface area contributed by atoms with Gasteiger partial charge in [-0.2, -0.15) is 0 Å². The number of unbranched alkanes of at least 4 members (excludes halogenated alkanes) is 1. The Hall–Kier alpha value is -2.61. The number of aliphatic hydroxyl groups excluding tert-OH is 1. The molecule has 3 N–H and O–H groups in total. The first-order chi connectivity index (χ1) is 15.0. The summed E-state index contributed by atoms with van der Waals surface area (Å²) in [5.41, 5.74) is 1.04. The number of carbonyl (C=O) groups excluding carboxylic acids is 3. The van der Waals surface area contributed by atoms with Crippen LogP contribution in [-0.2, 0) is 20.7 Å². The normalized spacial score (nSPS) is 13.1. The minimum absolute atomic E-state index is 0.0550. The van der Waals surface area contributed by atoms with Crippen molar-refractivity contribution in [3.8, 4) is 0 Å². The zero-order chi connectivity index (χ0) is 24.3. The van der Waals surface area contributed by atoms with E-state index in [2.05, 4.69) is 10.6 Å². The third kappa shape index (κ3) is 8.86. The van der Waals surface area contributed by atoms with Gasteiger partial charge in [0.1, 0.15) is 17.7 Å². The highest BCUT2D eigenvalue weighted by Crippen LogP contribution is 2.23. The molecule has 8 heteroatoms. The maximum Gasteiger partial charge on any atom is 0.408 e. The molecule has 0 aromatic heterocycles. The van der Waals surface area contributed by atoms with Gasteiger partial charge in [-0.05, 0) is 51.7 Å². The van der Waals surface area contributed by atoms with Crippen molar-refractivity contribution < 1.29 is 24.2 Å². The molecule has 0 spiro atoms. The average molecular weight is 450 g/mol. The van der Waals surface area contributed by atoms with E-state index in [4.69, 9.17) is 4.74 Å². The van der Waals surface area contributed by atoms with Crippen LogP contribution in [0.15, 0.2) is 24.3 Å². The molecule has 0 aliphatic rings. The maximum atomic E-state index is 13.3. The van der Waals surface area contributed by atoms with Crippen LogP contribution in [0, 0.1) is 0 Å². The van der Waals surface area contributed by atoms with Crippen molar-refractivity contribution in [3.63, 3.8) is 0 Å². The molecule has 0 aliphatic carbocycles. The summed E-state index contributed by atoms with van der Waals surface area (Å²) in [4.78, 5) is 39.8. The second kappa shape index (κ2) is 13.1. The summed E-state index contributed by atoms with van der Waals surface area (Å²) in [6.07, 6.45) is 1.87. The largest absolute Gasteiger partial charge is 0.444 e. The van der Waals surface area contributed by atoms with E-state index in [9.17, 15) is 19.5 Å². The van der Waals surface area contributed by atoms with E-state index >= 15 is 0 Å². The lowest BCUT2D eigenvalue weighted by Gasteiger charge is -2.33. The summed E-state index contributed by atoms with van der Waals surface area (Å²) >= 11 is 0. The number of aryl methyl sites for hydroxylation is 1. The van der Waals surface area contributed by atoms with Crippen molar-refractivity contribution in [2.45, 2.75) is 78.5 Å². The number of carbonyl (C=O) groups is 3. The zero-order valence-corrected chi connectivity index (χ0v) is 20.2. The number of hydrogen-bond acceptors (Lipinski definition) is 5. The molecular formula is C24H39N3O5. The Morgan fingerprint density at radius 3 is 2.25 bits per heavy atom. The van der Waals surface area contributed by atoms with Gasteiger partial charge >= 0.3 is 6.09 Å². The number of aliphatic hydroxyl groups is 1. The quantitative estimate of drug-likeness (QED) is 0.450. The van der Waals surface area contributed by atoms with Gasteiger partial charge < -0.3 is 25.4 Å². The molecule has 1 aromatic rings. The molecule has 2 unspecified atom stereocenters. The standard InChI is InChI=1S/C24H39N3O5/c1-7-9-14-25-21(29)20(19-12-10-18(8-2)11-13-19)27(15-16-28)22(30)17(3)26-23(31)32-24(4,5)6/h10-13,17,20,28H,7-9,14-16H2,1-6H3,(H,25,29)(H,26,31). The Morgan fingerprint density at radius 1 is 1.12 bits per heavy atom. The fourth-order valence-electron chi connectivity index (χ4n) is 3.16.